The Kier molecular flexibility index (Phi) is 9.95. The molecule has 15 heteroatoms. The van der Waals surface area contributed by atoms with Crippen LogP contribution in [-0.4, -0.2) is 81.2 Å². The second-order valence-electron chi connectivity index (χ2n) is 10.7. The minimum Gasteiger partial charge on any atom is -0.444 e. The third-order valence-corrected chi connectivity index (χ3v) is 8.42. The van der Waals surface area contributed by atoms with Gasteiger partial charge in [-0.1, -0.05) is 18.5 Å². The minimum absolute atomic E-state index is 0.00470. The van der Waals surface area contributed by atoms with Crippen LogP contribution in [0.25, 0.3) is 0 Å². The highest BCUT2D eigenvalue weighted by Gasteiger charge is 2.34. The molecule has 1 fully saturated rings. The Morgan fingerprint density at radius 2 is 1.69 bits per heavy atom. The molecule has 2 aromatic rings. The molecule has 0 atom stereocenters. The number of benzene rings is 2. The van der Waals surface area contributed by atoms with Gasteiger partial charge in [0, 0.05) is 56.0 Å². The van der Waals surface area contributed by atoms with Gasteiger partial charge in [0.2, 0.25) is 0 Å². The van der Waals surface area contributed by atoms with E-state index < -0.39 is 39.6 Å². The Bertz CT molecular complexity index is 1440. The lowest BCUT2D eigenvalue weighted by molar-refractivity contribution is -0.275. The van der Waals surface area contributed by atoms with Crippen molar-refractivity contribution < 1.29 is 40.7 Å². The molecule has 1 heterocycles. The predicted octanol–water partition coefficient (Wildman–Crippen LogP) is 4.94. The van der Waals surface area contributed by atoms with Gasteiger partial charge in [-0.15, -0.1) is 13.2 Å². The summed E-state index contributed by atoms with van der Waals surface area (Å²) in [7, 11) is -2.52. The lowest BCUT2D eigenvalue weighted by atomic mass is 10.1. The molecule has 0 aromatic heterocycles. The first-order valence-corrected chi connectivity index (χ1v) is 15.0. The number of rotatable bonds is 7. The van der Waals surface area contributed by atoms with Gasteiger partial charge in [-0.05, 0) is 51.1 Å². The molecule has 0 bridgehead atoms. The van der Waals surface area contributed by atoms with E-state index in [1.54, 1.807) is 20.8 Å². The van der Waals surface area contributed by atoms with Crippen molar-refractivity contribution >= 4 is 44.8 Å². The standard InChI is InChI=1S/C27H34ClF3N4O6S/c1-6-42(38,39)23-8-7-18(28)14-21(23)33(5)24(36)19-15-22(40-27(29,30)31)17(13-20(19)32)16-34-9-11-35(12-10-34)25(37)41-26(2,3)4/h7-8,13-15H,6,9-12,16,32H2,1-5H3. The number of carbonyl (C=O) groups excluding carboxylic acids is 2. The largest absolute Gasteiger partial charge is 0.573 e. The zero-order valence-corrected chi connectivity index (χ0v) is 25.5. The summed E-state index contributed by atoms with van der Waals surface area (Å²) in [5.74, 6) is -1.75. The van der Waals surface area contributed by atoms with Gasteiger partial charge in [0.1, 0.15) is 11.4 Å². The fourth-order valence-corrected chi connectivity index (χ4v) is 5.56. The maximum atomic E-state index is 13.5. The molecule has 0 radical (unpaired) electrons. The third kappa shape index (κ3) is 8.42. The average Bonchev–Trinajstić information content (AvgIpc) is 2.87. The minimum atomic E-state index is -5.07. The quantitative estimate of drug-likeness (QED) is 0.425. The van der Waals surface area contributed by atoms with Crippen molar-refractivity contribution in [2.75, 3.05) is 49.6 Å². The van der Waals surface area contributed by atoms with E-state index in [-0.39, 0.29) is 44.7 Å². The first kappa shape index (κ1) is 33.3. The molecular weight excluding hydrogens is 601 g/mol. The van der Waals surface area contributed by atoms with E-state index in [0.29, 0.717) is 26.2 Å². The van der Waals surface area contributed by atoms with E-state index in [1.165, 1.54) is 43.1 Å². The van der Waals surface area contributed by atoms with Crippen LogP contribution in [0.1, 0.15) is 43.6 Å². The van der Waals surface area contributed by atoms with E-state index in [4.69, 9.17) is 22.1 Å². The second kappa shape index (κ2) is 12.6. The molecule has 0 saturated carbocycles. The van der Waals surface area contributed by atoms with Crippen molar-refractivity contribution in [1.82, 2.24) is 9.80 Å². The maximum Gasteiger partial charge on any atom is 0.573 e. The summed E-state index contributed by atoms with van der Waals surface area (Å²) in [5.41, 5.74) is 5.06. The highest BCUT2D eigenvalue weighted by Crippen LogP contribution is 2.35. The van der Waals surface area contributed by atoms with Crippen molar-refractivity contribution in [2.24, 2.45) is 0 Å². The van der Waals surface area contributed by atoms with Crippen LogP contribution in [-0.2, 0) is 21.1 Å². The summed E-state index contributed by atoms with van der Waals surface area (Å²) >= 11 is 6.07. The van der Waals surface area contributed by atoms with Crippen molar-refractivity contribution in [2.45, 2.75) is 51.1 Å². The van der Waals surface area contributed by atoms with Crippen LogP contribution in [0, 0.1) is 0 Å². The van der Waals surface area contributed by atoms with Crippen LogP contribution in [0.5, 0.6) is 5.75 Å². The van der Waals surface area contributed by atoms with Crippen molar-refractivity contribution in [1.29, 1.82) is 0 Å². The molecule has 42 heavy (non-hydrogen) atoms. The normalized spacial score (nSPS) is 14.9. The third-order valence-electron chi connectivity index (χ3n) is 6.41. The number of ether oxygens (including phenoxy) is 2. The van der Waals surface area contributed by atoms with E-state index in [0.717, 1.165) is 11.0 Å². The summed E-state index contributed by atoms with van der Waals surface area (Å²) in [6, 6.07) is 6.01. The zero-order chi connectivity index (χ0) is 31.6. The smallest absolute Gasteiger partial charge is 0.444 e. The Labute approximate surface area is 248 Å². The molecule has 2 aromatic carbocycles. The first-order valence-electron chi connectivity index (χ1n) is 13.0. The Hall–Kier alpha value is -3.23. The number of nitrogen functional groups attached to an aromatic ring is 1. The Balaban J connectivity index is 1.90. The van der Waals surface area contributed by atoms with E-state index in [1.807, 2.05) is 4.90 Å². The molecule has 0 aliphatic carbocycles. The number of sulfone groups is 1. The molecule has 1 saturated heterocycles. The number of halogens is 4. The summed E-state index contributed by atoms with van der Waals surface area (Å²) in [5, 5.41) is 0.149. The molecule has 10 nitrogen and oxygen atoms in total. The lowest BCUT2D eigenvalue weighted by Gasteiger charge is -2.35. The number of nitrogens with two attached hydrogens (primary N) is 1. The number of hydrogen-bond acceptors (Lipinski definition) is 8. The number of hydrogen-bond donors (Lipinski definition) is 1. The van der Waals surface area contributed by atoms with Crippen LogP contribution in [0.3, 0.4) is 0 Å². The summed E-state index contributed by atoms with van der Waals surface area (Å²) < 4.78 is 75.1. The molecule has 2 amide bonds. The number of nitrogens with zero attached hydrogens (tertiary/aromatic N) is 3. The van der Waals surface area contributed by atoms with Gasteiger partial charge in [-0.2, -0.15) is 0 Å². The van der Waals surface area contributed by atoms with Gasteiger partial charge in [-0.25, -0.2) is 13.2 Å². The molecule has 0 unspecified atom stereocenters. The van der Waals surface area contributed by atoms with Crippen LogP contribution in [0.2, 0.25) is 5.02 Å². The fraction of sp³-hybridized carbons (Fsp3) is 0.481. The molecule has 232 valence electrons. The maximum absolute atomic E-state index is 13.5. The highest BCUT2D eigenvalue weighted by molar-refractivity contribution is 7.91. The van der Waals surface area contributed by atoms with Crippen LogP contribution < -0.4 is 15.4 Å². The van der Waals surface area contributed by atoms with Gasteiger partial charge >= 0.3 is 12.5 Å². The number of anilines is 2. The molecule has 3 rings (SSSR count). The first-order chi connectivity index (χ1) is 19.3. The SMILES string of the molecule is CCS(=O)(=O)c1ccc(Cl)cc1N(C)C(=O)c1cc(OC(F)(F)F)c(CN2CCN(C(=O)OC(C)(C)C)CC2)cc1N. The molecule has 0 spiro atoms. The number of amides is 2. The number of alkyl halides is 3. The molecular formula is C27H34ClF3N4O6S. The summed E-state index contributed by atoms with van der Waals surface area (Å²) in [6.45, 7) is 7.96. The highest BCUT2D eigenvalue weighted by atomic mass is 35.5. The molecule has 1 aliphatic heterocycles. The average molecular weight is 635 g/mol. The Morgan fingerprint density at radius 3 is 2.24 bits per heavy atom. The Morgan fingerprint density at radius 1 is 1.07 bits per heavy atom. The fourth-order valence-electron chi connectivity index (χ4n) is 4.29. The molecule has 2 N–H and O–H groups in total. The van der Waals surface area contributed by atoms with E-state index >= 15 is 0 Å². The van der Waals surface area contributed by atoms with Crippen molar-refractivity contribution in [3.8, 4) is 5.75 Å². The van der Waals surface area contributed by atoms with E-state index in [2.05, 4.69) is 4.74 Å². The lowest BCUT2D eigenvalue weighted by Crippen LogP contribution is -2.49. The molecule has 1 aliphatic rings. The van der Waals surface area contributed by atoms with E-state index in [9.17, 15) is 31.2 Å². The van der Waals surface area contributed by atoms with Gasteiger partial charge in [-0.3, -0.25) is 9.69 Å². The second-order valence-corrected chi connectivity index (χ2v) is 13.4. The van der Waals surface area contributed by atoms with Crippen LogP contribution in [0.15, 0.2) is 35.2 Å². The number of piperazine rings is 1. The van der Waals surface area contributed by atoms with Gasteiger partial charge in [0.05, 0.1) is 21.9 Å². The number of carbonyl (C=O) groups is 2. The van der Waals surface area contributed by atoms with Gasteiger partial charge in [0.15, 0.2) is 9.84 Å². The topological polar surface area (TPSA) is 122 Å². The van der Waals surface area contributed by atoms with Crippen LogP contribution >= 0.6 is 11.6 Å². The van der Waals surface area contributed by atoms with Crippen LogP contribution in [0.4, 0.5) is 29.3 Å². The predicted molar refractivity (Wildman–Crippen MR) is 153 cm³/mol. The van der Waals surface area contributed by atoms with Crippen molar-refractivity contribution in [3.05, 3.63) is 46.5 Å². The van der Waals surface area contributed by atoms with Gasteiger partial charge in [0.25, 0.3) is 5.91 Å². The summed E-state index contributed by atoms with van der Waals surface area (Å²) in [6.07, 6.45) is -5.55. The zero-order valence-electron chi connectivity index (χ0n) is 23.9. The summed E-state index contributed by atoms with van der Waals surface area (Å²) in [4.78, 5) is 30.0. The van der Waals surface area contributed by atoms with Gasteiger partial charge < -0.3 is 25.0 Å². The van der Waals surface area contributed by atoms with Crippen molar-refractivity contribution in [3.63, 3.8) is 0 Å². The monoisotopic (exact) mass is 634 g/mol.